The summed E-state index contributed by atoms with van der Waals surface area (Å²) in [5, 5.41) is 12.9. The lowest BCUT2D eigenvalue weighted by Crippen LogP contribution is -2.34. The molecule has 0 aliphatic rings. The van der Waals surface area contributed by atoms with Crippen LogP contribution in [0.3, 0.4) is 0 Å². The Morgan fingerprint density at radius 2 is 1.88 bits per heavy atom. The van der Waals surface area contributed by atoms with E-state index in [4.69, 9.17) is 0 Å². The highest BCUT2D eigenvalue weighted by atomic mass is 33.0. The number of aliphatic carboxylic acids is 1. The number of nitrogens with one attached hydrogen (secondary N) is 1. The average molecular weight is 603 g/mol. The standard InChI is InChI=1S/C6H23N3O2P14/c10-6(11)5(8-21(19-12)23(14)15)1-4-2-9(3-7-4)22(24(16)17)25(18)20-13/h2-3,5,8,19-20H,1,12-18H2,(H,10,11)/t5-,21?,22?,25?/m0/s1. The molecule has 0 radical (unpaired) electrons. The molecule has 0 fully saturated rings. The van der Waals surface area contributed by atoms with E-state index in [-0.39, 0.29) is 28.4 Å². The Morgan fingerprint density at radius 1 is 1.24 bits per heavy atom. The third kappa shape index (κ3) is 9.77. The fraction of sp³-hybridized carbons (Fsp3) is 0.333. The molecule has 19 heteroatoms. The van der Waals surface area contributed by atoms with E-state index in [1.165, 1.54) is 0 Å². The minimum atomic E-state index is -0.807. The first-order chi connectivity index (χ1) is 11.7. The van der Waals surface area contributed by atoms with E-state index in [0.29, 0.717) is 14.4 Å². The van der Waals surface area contributed by atoms with E-state index < -0.39 is 19.5 Å². The summed E-state index contributed by atoms with van der Waals surface area (Å²) in [4.78, 5) is 16.2. The van der Waals surface area contributed by atoms with Gasteiger partial charge in [0, 0.05) is 20.1 Å². The summed E-state index contributed by atoms with van der Waals surface area (Å²) in [5.74, 6) is -0.807. The maximum Gasteiger partial charge on any atom is 0.321 e. The number of carboxylic acids is 1. The van der Waals surface area contributed by atoms with Crippen LogP contribution in [0.15, 0.2) is 12.5 Å². The maximum atomic E-state index is 11.7. The Balaban J connectivity index is 2.90. The van der Waals surface area contributed by atoms with E-state index in [0.717, 1.165) is 13.7 Å². The van der Waals surface area contributed by atoms with E-state index in [1.807, 2.05) is 12.5 Å². The quantitative estimate of drug-likeness (QED) is 0.267. The third-order valence-electron chi connectivity index (χ3n) is 2.70. The van der Waals surface area contributed by atoms with Crippen LogP contribution in [0.2, 0.25) is 0 Å². The number of rotatable bonds is 11. The van der Waals surface area contributed by atoms with Gasteiger partial charge in [0.2, 0.25) is 0 Å². The number of hydrogen-bond donors (Lipinski definition) is 2. The van der Waals surface area contributed by atoms with Gasteiger partial charge in [-0.2, -0.15) is 0 Å². The van der Waals surface area contributed by atoms with Crippen LogP contribution >= 0.6 is 114 Å². The molecular weight excluding hydrogens is 580 g/mol. The highest BCUT2D eigenvalue weighted by molar-refractivity contribution is 9.00. The highest BCUT2D eigenvalue weighted by Gasteiger charge is 2.26. The van der Waals surface area contributed by atoms with Gasteiger partial charge in [0.1, 0.15) is 6.04 Å². The molecule has 0 saturated heterocycles. The van der Waals surface area contributed by atoms with Gasteiger partial charge >= 0.3 is 5.97 Å². The number of hydrogen-bond acceptors (Lipinski definition) is 3. The third-order valence-corrected chi connectivity index (χ3v) is 56.1. The molecule has 0 aromatic carbocycles. The van der Waals surface area contributed by atoms with E-state index in [9.17, 15) is 9.90 Å². The van der Waals surface area contributed by atoms with Crippen LogP contribution in [0.1, 0.15) is 5.69 Å². The van der Waals surface area contributed by atoms with Gasteiger partial charge in [-0.05, 0) is 21.0 Å². The minimum Gasteiger partial charge on any atom is -0.480 e. The lowest BCUT2D eigenvalue weighted by molar-refractivity contribution is -0.138. The summed E-state index contributed by atoms with van der Waals surface area (Å²) in [6.45, 7) is -0.726. The van der Waals surface area contributed by atoms with Gasteiger partial charge in [-0.3, -0.25) is 9.88 Å². The summed E-state index contributed by atoms with van der Waals surface area (Å²) in [7, 11) is 20.7. The van der Waals surface area contributed by atoms with Crippen molar-refractivity contribution in [3.05, 3.63) is 18.2 Å². The topological polar surface area (TPSA) is 67.1 Å². The van der Waals surface area contributed by atoms with Crippen LogP contribution in [0.5, 0.6) is 0 Å². The van der Waals surface area contributed by atoms with Crippen molar-refractivity contribution in [2.75, 3.05) is 0 Å². The predicted molar refractivity (Wildman–Crippen MR) is 155 cm³/mol. The molecule has 0 bridgehead atoms. The van der Waals surface area contributed by atoms with Crippen LogP contribution < -0.4 is 5.09 Å². The first kappa shape index (κ1) is 27.7. The number of carboxylic acid groups (broad SMARTS) is 1. The van der Waals surface area contributed by atoms with Crippen molar-refractivity contribution in [3.63, 3.8) is 0 Å². The summed E-state index contributed by atoms with van der Waals surface area (Å²) < 4.78 is 2.23. The molecule has 1 aromatic rings. The monoisotopic (exact) mass is 603 g/mol. The second-order valence-corrected chi connectivity index (χ2v) is 48.6. The Kier molecular flexibility index (Phi) is 16.3. The Bertz CT molecular complexity index is 542. The van der Waals surface area contributed by atoms with Crippen molar-refractivity contribution >= 4 is 120 Å². The Hall–Kier alpha value is 4.66. The first-order valence-corrected chi connectivity index (χ1v) is 30.6. The zero-order valence-electron chi connectivity index (χ0n) is 13.0. The van der Waals surface area contributed by atoms with E-state index in [2.05, 4.69) is 76.9 Å². The van der Waals surface area contributed by atoms with Crippen LogP contribution in [0.25, 0.3) is 0 Å². The molecule has 12 unspecified atom stereocenters. The molecule has 2 N–H and O–H groups in total. The Labute approximate surface area is 174 Å². The summed E-state index contributed by atoms with van der Waals surface area (Å²) >= 11 is 0. The summed E-state index contributed by atoms with van der Waals surface area (Å²) in [6.07, 6.45) is 4.35. The second-order valence-electron chi connectivity index (χ2n) is 4.41. The number of imidazole rings is 1. The fourth-order valence-corrected chi connectivity index (χ4v) is 64.1. The van der Waals surface area contributed by atoms with Crippen molar-refractivity contribution in [1.82, 2.24) is 14.4 Å². The van der Waals surface area contributed by atoms with Gasteiger partial charge in [-0.25, -0.2) is 4.98 Å². The summed E-state index contributed by atoms with van der Waals surface area (Å²) in [5.41, 5.74) is 0.846. The van der Waals surface area contributed by atoms with Crippen molar-refractivity contribution in [1.29, 1.82) is 0 Å². The van der Waals surface area contributed by atoms with E-state index in [1.54, 1.807) is 0 Å². The molecule has 0 aliphatic heterocycles. The fourth-order valence-electron chi connectivity index (χ4n) is 1.66. The smallest absolute Gasteiger partial charge is 0.321 e. The van der Waals surface area contributed by atoms with Crippen molar-refractivity contribution in [2.45, 2.75) is 12.5 Å². The van der Waals surface area contributed by atoms with Gasteiger partial charge in [-0.15, -0.1) is 62.5 Å². The molecule has 1 rings (SSSR count). The van der Waals surface area contributed by atoms with E-state index >= 15 is 0 Å². The van der Waals surface area contributed by atoms with Crippen LogP contribution in [-0.4, -0.2) is 26.4 Å². The van der Waals surface area contributed by atoms with Crippen molar-refractivity contribution in [3.8, 4) is 0 Å². The first-order valence-electron chi connectivity index (χ1n) is 6.39. The van der Waals surface area contributed by atoms with Gasteiger partial charge in [0.15, 0.2) is 0 Å². The van der Waals surface area contributed by atoms with Gasteiger partial charge in [0.25, 0.3) is 0 Å². The normalized spacial score (nSPS) is 17.8. The molecule has 0 aliphatic carbocycles. The number of aromatic nitrogens is 2. The SMILES string of the molecule is O=C(O)[C@H](Cc1cn(P(P(P)P)P(P)PP)cn1)NP(PP)P(P)P. The molecule has 13 atom stereocenters. The molecule has 1 aromatic heterocycles. The number of nitrogens with zero attached hydrogens (tertiary/aromatic N) is 2. The van der Waals surface area contributed by atoms with Gasteiger partial charge in [0.05, 0.1) is 19.5 Å². The molecule has 0 amide bonds. The molecule has 1 heterocycles. The number of carbonyl (C=O) groups is 1. The van der Waals surface area contributed by atoms with Crippen molar-refractivity contribution in [2.24, 2.45) is 0 Å². The molecular formula is C6H23N3O2P14. The molecule has 5 nitrogen and oxygen atoms in total. The van der Waals surface area contributed by atoms with Crippen molar-refractivity contribution < 1.29 is 9.90 Å². The van der Waals surface area contributed by atoms with Crippen LogP contribution in [0, 0.1) is 0 Å². The predicted octanol–water partition coefficient (Wildman–Crippen LogP) is 7.02. The molecule has 144 valence electrons. The Morgan fingerprint density at radius 3 is 2.32 bits per heavy atom. The molecule has 25 heavy (non-hydrogen) atoms. The molecule has 0 spiro atoms. The highest BCUT2D eigenvalue weighted by Crippen LogP contribution is 3.00. The second kappa shape index (κ2) is 14.7. The largest absolute Gasteiger partial charge is 0.480 e. The van der Waals surface area contributed by atoms with Crippen LogP contribution in [-0.2, 0) is 11.2 Å². The van der Waals surface area contributed by atoms with Gasteiger partial charge in [-0.1, -0.05) is 15.9 Å². The summed E-state index contributed by atoms with van der Waals surface area (Å²) in [6, 6.07) is -0.588. The lowest BCUT2D eigenvalue weighted by atomic mass is 10.2. The zero-order chi connectivity index (χ0) is 19.1. The average Bonchev–Trinajstić information content (AvgIpc) is 2.98. The van der Waals surface area contributed by atoms with Gasteiger partial charge < -0.3 is 9.44 Å². The minimum absolute atomic E-state index is 0.153. The lowest BCUT2D eigenvalue weighted by Gasteiger charge is -2.27. The van der Waals surface area contributed by atoms with Crippen LogP contribution in [0.4, 0.5) is 0 Å². The zero-order valence-corrected chi connectivity index (χ0v) is 27.5. The molecule has 0 saturated carbocycles. The maximum absolute atomic E-state index is 11.7.